The van der Waals surface area contributed by atoms with Crippen molar-refractivity contribution in [2.45, 2.75) is 71.3 Å². The van der Waals surface area contributed by atoms with E-state index in [0.29, 0.717) is 41.6 Å². The Balaban J connectivity index is 1.20. The van der Waals surface area contributed by atoms with Crippen LogP contribution in [0.4, 0.5) is 30.7 Å². The topological polar surface area (TPSA) is 143 Å². The number of aliphatic carboxylic acids is 1. The molecule has 1 aliphatic heterocycles. The van der Waals surface area contributed by atoms with E-state index in [-0.39, 0.29) is 58.6 Å². The van der Waals surface area contributed by atoms with Crippen molar-refractivity contribution in [1.82, 2.24) is 20.2 Å². The molecule has 306 valence electrons. The van der Waals surface area contributed by atoms with Crippen LogP contribution in [-0.2, 0) is 17.9 Å². The minimum atomic E-state index is -4.87. The number of likely N-dealkylation sites (tertiary alicyclic amines) is 1. The molecule has 2 aromatic heterocycles. The average molecular weight is 817 g/mol. The van der Waals surface area contributed by atoms with E-state index in [1.807, 2.05) is 26.0 Å². The van der Waals surface area contributed by atoms with Crippen LogP contribution >= 0.6 is 0 Å². The number of oxazole rings is 2. The lowest BCUT2D eigenvalue weighted by atomic mass is 9.91. The van der Waals surface area contributed by atoms with Gasteiger partial charge in [-0.25, -0.2) is 9.97 Å². The summed E-state index contributed by atoms with van der Waals surface area (Å²) >= 11 is 0. The number of nitrogens with one attached hydrogen (secondary N) is 1. The van der Waals surface area contributed by atoms with E-state index in [1.54, 1.807) is 35.2 Å². The van der Waals surface area contributed by atoms with Crippen LogP contribution in [0.3, 0.4) is 0 Å². The van der Waals surface area contributed by atoms with Crippen LogP contribution in [0.2, 0.25) is 0 Å². The molecular formula is C40H35F7N4O7. The largest absolute Gasteiger partial charge is 0.480 e. The molecule has 1 saturated heterocycles. The first-order chi connectivity index (χ1) is 27.6. The highest BCUT2D eigenvalue weighted by molar-refractivity contribution is 5.85. The van der Waals surface area contributed by atoms with Crippen molar-refractivity contribution in [3.8, 4) is 45.5 Å². The predicted molar refractivity (Wildman–Crippen MR) is 195 cm³/mol. The maximum Gasteiger partial charge on any atom is 0.415 e. The van der Waals surface area contributed by atoms with Gasteiger partial charge in [0.05, 0.1) is 0 Å². The highest BCUT2D eigenvalue weighted by Gasteiger charge is 2.38. The molecule has 3 heterocycles. The maximum absolute atomic E-state index is 13.5. The smallest absolute Gasteiger partial charge is 0.415 e. The second kappa shape index (κ2) is 16.3. The Labute approximate surface area is 325 Å². The van der Waals surface area contributed by atoms with Gasteiger partial charge in [-0.15, -0.1) is 0 Å². The number of alkyl halides is 7. The Morgan fingerprint density at radius 1 is 0.845 bits per heavy atom. The van der Waals surface area contributed by atoms with E-state index in [0.717, 1.165) is 22.3 Å². The van der Waals surface area contributed by atoms with Crippen molar-refractivity contribution in [1.29, 1.82) is 0 Å². The van der Waals surface area contributed by atoms with Gasteiger partial charge in [0.25, 0.3) is 0 Å². The molecule has 0 spiro atoms. The molecule has 0 bridgehead atoms. The molecule has 0 radical (unpaired) electrons. The quantitative estimate of drug-likeness (QED) is 0.0908. The number of carboxylic acid groups (broad SMARTS) is 1. The van der Waals surface area contributed by atoms with Gasteiger partial charge in [-0.3, -0.25) is 9.69 Å². The van der Waals surface area contributed by atoms with Crippen molar-refractivity contribution in [3.63, 3.8) is 0 Å². The number of fused-ring (bicyclic) bond motifs is 2. The molecular weight excluding hydrogens is 781 g/mol. The van der Waals surface area contributed by atoms with Gasteiger partial charge in [0, 0.05) is 54.0 Å². The van der Waals surface area contributed by atoms with Crippen LogP contribution in [0.5, 0.6) is 11.5 Å². The van der Waals surface area contributed by atoms with Gasteiger partial charge in [0.15, 0.2) is 17.3 Å². The Morgan fingerprint density at radius 3 is 1.84 bits per heavy atom. The third-order valence-corrected chi connectivity index (χ3v) is 10.0. The Hall–Kier alpha value is -5.72. The number of benzene rings is 4. The molecule has 0 saturated carbocycles. The first-order valence-corrected chi connectivity index (χ1v) is 18.0. The minimum Gasteiger partial charge on any atom is -0.480 e. The summed E-state index contributed by atoms with van der Waals surface area (Å²) in [5.74, 6) is -1.16. The van der Waals surface area contributed by atoms with Gasteiger partial charge >= 0.3 is 25.4 Å². The molecule has 0 amide bonds. The summed E-state index contributed by atoms with van der Waals surface area (Å²) in [7, 11) is 0. The van der Waals surface area contributed by atoms with Crippen molar-refractivity contribution < 1.29 is 64.0 Å². The molecule has 18 heteroatoms. The molecule has 11 nitrogen and oxygen atoms in total. The molecule has 1 unspecified atom stereocenters. The lowest BCUT2D eigenvalue weighted by Gasteiger charge is -2.22. The monoisotopic (exact) mass is 816 g/mol. The standard InChI is InChI=1S/C40H35F7N4O7/c1-19-23(6-3-8-25(19)35-49-27-12-21(16-48-17-34(52)40(45,46)47)30(57-38(41)42)14-32(27)55-35)24-7-4-9-26(20(24)2)36-50-28-13-22(18-51-11-5-10-29(51)37(53)54)31(58-39(43)44)15-33(28)56-36/h3-4,6-9,12-15,29,34,38-39,48,52H,5,10-11,16-18H2,1-2H3,(H,53,54)/t29-,34?/m0/s1. The lowest BCUT2D eigenvalue weighted by molar-refractivity contribution is -0.201. The maximum atomic E-state index is 13.5. The van der Waals surface area contributed by atoms with Crippen LogP contribution in [0.1, 0.15) is 35.1 Å². The summed E-state index contributed by atoms with van der Waals surface area (Å²) < 4.78 is 113. The van der Waals surface area contributed by atoms with Crippen LogP contribution < -0.4 is 14.8 Å². The van der Waals surface area contributed by atoms with E-state index < -0.39 is 44.1 Å². The minimum absolute atomic E-state index is 0.0563. The number of aromatic nitrogens is 2. The normalized spacial score (nSPS) is 15.6. The van der Waals surface area contributed by atoms with E-state index in [4.69, 9.17) is 13.6 Å². The zero-order valence-electron chi connectivity index (χ0n) is 30.7. The SMILES string of the molecule is Cc1c(-c2nc3cc(CNCC(O)C(F)(F)F)c(OC(F)F)cc3o2)cccc1-c1cccc(-c2nc3cc(CN4CCC[C@H]4C(=O)O)c(OC(F)F)cc3o2)c1C. The number of hydrogen-bond donors (Lipinski definition) is 3. The number of hydrogen-bond acceptors (Lipinski definition) is 10. The number of aliphatic hydroxyl groups is 1. The summed E-state index contributed by atoms with van der Waals surface area (Å²) in [6.45, 7) is -3.39. The molecule has 4 aromatic carbocycles. The fourth-order valence-corrected chi connectivity index (χ4v) is 7.19. The van der Waals surface area contributed by atoms with Gasteiger partial charge in [-0.2, -0.15) is 30.7 Å². The number of carbonyl (C=O) groups is 1. The van der Waals surface area contributed by atoms with Crippen LogP contribution in [0.25, 0.3) is 56.2 Å². The van der Waals surface area contributed by atoms with Crippen LogP contribution in [-0.4, -0.2) is 75.7 Å². The van der Waals surface area contributed by atoms with Crippen LogP contribution in [0, 0.1) is 13.8 Å². The summed E-state index contributed by atoms with van der Waals surface area (Å²) in [5.41, 5.74) is 5.39. The lowest BCUT2D eigenvalue weighted by Crippen LogP contribution is -2.38. The highest BCUT2D eigenvalue weighted by Crippen LogP contribution is 2.40. The molecule has 7 rings (SSSR count). The molecule has 3 N–H and O–H groups in total. The second-order valence-electron chi connectivity index (χ2n) is 13.8. The molecule has 1 aliphatic rings. The van der Waals surface area contributed by atoms with Crippen molar-refractivity contribution >= 4 is 28.2 Å². The number of halogens is 7. The second-order valence-corrected chi connectivity index (χ2v) is 13.8. The van der Waals surface area contributed by atoms with Gasteiger partial charge in [0.2, 0.25) is 11.8 Å². The first kappa shape index (κ1) is 40.5. The third-order valence-electron chi connectivity index (χ3n) is 10.0. The number of rotatable bonds is 14. The molecule has 0 aliphatic carbocycles. The molecule has 1 fully saturated rings. The number of nitrogens with zero attached hydrogens (tertiary/aromatic N) is 3. The molecule has 6 aromatic rings. The Bertz CT molecular complexity index is 2470. The van der Waals surface area contributed by atoms with Crippen LogP contribution in [0.15, 0.2) is 69.5 Å². The summed E-state index contributed by atoms with van der Waals surface area (Å²) in [6.07, 6.45) is -6.45. The average Bonchev–Trinajstić information content (AvgIpc) is 3.90. The summed E-state index contributed by atoms with van der Waals surface area (Å²) in [4.78, 5) is 22.7. The first-order valence-electron chi connectivity index (χ1n) is 18.0. The van der Waals surface area contributed by atoms with Crippen molar-refractivity contribution in [3.05, 3.63) is 82.9 Å². The van der Waals surface area contributed by atoms with Crippen molar-refractivity contribution in [2.24, 2.45) is 0 Å². The number of carboxylic acids is 1. The zero-order valence-corrected chi connectivity index (χ0v) is 30.7. The van der Waals surface area contributed by atoms with Gasteiger partial charge < -0.3 is 33.8 Å². The third kappa shape index (κ3) is 8.44. The van der Waals surface area contributed by atoms with E-state index in [9.17, 15) is 45.7 Å². The van der Waals surface area contributed by atoms with Gasteiger partial charge in [-0.05, 0) is 79.8 Å². The zero-order chi connectivity index (χ0) is 41.5. The molecule has 2 atom stereocenters. The van der Waals surface area contributed by atoms with Crippen molar-refractivity contribution in [2.75, 3.05) is 13.1 Å². The van der Waals surface area contributed by atoms with E-state index >= 15 is 0 Å². The summed E-state index contributed by atoms with van der Waals surface area (Å²) in [6, 6.07) is 15.5. The number of ether oxygens (including phenoxy) is 2. The van der Waals surface area contributed by atoms with Gasteiger partial charge in [0.1, 0.15) is 28.6 Å². The fraction of sp³-hybridized carbons (Fsp3) is 0.325. The van der Waals surface area contributed by atoms with Gasteiger partial charge in [-0.1, -0.05) is 24.3 Å². The fourth-order valence-electron chi connectivity index (χ4n) is 7.19. The highest BCUT2D eigenvalue weighted by atomic mass is 19.4. The Kier molecular flexibility index (Phi) is 11.3. The van der Waals surface area contributed by atoms with E-state index in [2.05, 4.69) is 20.0 Å². The van der Waals surface area contributed by atoms with E-state index in [1.165, 1.54) is 18.2 Å². The molecule has 58 heavy (non-hydrogen) atoms. The predicted octanol–water partition coefficient (Wildman–Crippen LogP) is 8.85. The summed E-state index contributed by atoms with van der Waals surface area (Å²) in [5, 5.41) is 21.4. The number of aliphatic hydroxyl groups excluding tert-OH is 1. The Morgan fingerprint density at radius 2 is 1.34 bits per heavy atom.